The van der Waals surface area contributed by atoms with E-state index in [1.54, 1.807) is 39.0 Å². The number of ether oxygens (including phenoxy) is 4. The van der Waals surface area contributed by atoms with E-state index in [2.05, 4.69) is 0 Å². The summed E-state index contributed by atoms with van der Waals surface area (Å²) in [7, 11) is 1.47. The molecule has 1 atom stereocenters. The molecule has 0 spiro atoms. The van der Waals surface area contributed by atoms with Gasteiger partial charge in [0.25, 0.3) is 11.8 Å². The molecule has 1 unspecified atom stereocenters. The number of amides is 2. The normalized spacial score (nSPS) is 17.7. The van der Waals surface area contributed by atoms with E-state index in [9.17, 15) is 14.4 Å². The summed E-state index contributed by atoms with van der Waals surface area (Å²) in [6.07, 6.45) is -0.103. The van der Waals surface area contributed by atoms with Gasteiger partial charge in [0.1, 0.15) is 22.5 Å². The summed E-state index contributed by atoms with van der Waals surface area (Å²) in [6, 6.07) is 4.86. The summed E-state index contributed by atoms with van der Waals surface area (Å²) < 4.78 is 21.8. The van der Waals surface area contributed by atoms with E-state index >= 15 is 0 Å². The van der Waals surface area contributed by atoms with Crippen molar-refractivity contribution < 1.29 is 33.3 Å². The number of rotatable bonds is 6. The second kappa shape index (κ2) is 8.77. The Morgan fingerprint density at radius 1 is 1.27 bits per heavy atom. The smallest absolute Gasteiger partial charge is 0.341 e. The molecule has 0 saturated heterocycles. The Kier molecular flexibility index (Phi) is 6.17. The molecule has 176 valence electrons. The fraction of sp³-hybridized carbons (Fsp3) is 0.435. The number of nitrogen functional groups attached to an aromatic ring is 1. The Morgan fingerprint density at radius 2 is 2.03 bits per heavy atom. The molecular formula is C23H26N2O7S. The van der Waals surface area contributed by atoms with Crippen molar-refractivity contribution in [3.8, 4) is 5.75 Å². The second-order valence-electron chi connectivity index (χ2n) is 8.75. The first-order chi connectivity index (χ1) is 15.6. The predicted molar refractivity (Wildman–Crippen MR) is 121 cm³/mol. The lowest BCUT2D eigenvalue weighted by atomic mass is 10.0. The van der Waals surface area contributed by atoms with Crippen molar-refractivity contribution in [2.45, 2.75) is 38.9 Å². The molecule has 2 amide bonds. The third kappa shape index (κ3) is 4.33. The highest BCUT2D eigenvalue weighted by Crippen LogP contribution is 2.42. The van der Waals surface area contributed by atoms with Crippen LogP contribution < -0.4 is 10.5 Å². The molecule has 1 aromatic heterocycles. The van der Waals surface area contributed by atoms with Gasteiger partial charge in [0, 0.05) is 12.0 Å². The van der Waals surface area contributed by atoms with Gasteiger partial charge < -0.3 is 24.7 Å². The number of esters is 1. The number of methoxy groups -OCH3 is 1. The molecule has 2 aromatic rings. The molecule has 2 aliphatic heterocycles. The Bertz CT molecular complexity index is 1120. The number of nitrogens with zero attached hydrogens (tertiary/aromatic N) is 1. The predicted octanol–water partition coefficient (Wildman–Crippen LogP) is 3.18. The number of hydrogen-bond acceptors (Lipinski definition) is 9. The molecule has 9 nitrogen and oxygen atoms in total. The molecule has 0 saturated carbocycles. The molecule has 0 bridgehead atoms. The van der Waals surface area contributed by atoms with Crippen molar-refractivity contribution in [3.63, 3.8) is 0 Å². The van der Waals surface area contributed by atoms with Crippen LogP contribution in [0.15, 0.2) is 18.2 Å². The summed E-state index contributed by atoms with van der Waals surface area (Å²) in [5.74, 6) is -1.09. The van der Waals surface area contributed by atoms with Gasteiger partial charge in [-0.3, -0.25) is 14.5 Å². The minimum Gasteiger partial charge on any atom is -0.467 e. The van der Waals surface area contributed by atoms with Gasteiger partial charge in [-0.1, -0.05) is 6.07 Å². The third-order valence-corrected chi connectivity index (χ3v) is 6.43. The highest BCUT2D eigenvalue weighted by molar-refractivity contribution is 7.16. The zero-order valence-electron chi connectivity index (χ0n) is 18.9. The highest BCUT2D eigenvalue weighted by Gasteiger charge is 2.41. The molecule has 0 aliphatic carbocycles. The number of anilines is 1. The van der Waals surface area contributed by atoms with Gasteiger partial charge in [0.2, 0.25) is 0 Å². The van der Waals surface area contributed by atoms with E-state index in [4.69, 9.17) is 24.7 Å². The first kappa shape index (κ1) is 23.2. The molecular weight excluding hydrogens is 448 g/mol. The van der Waals surface area contributed by atoms with E-state index in [0.29, 0.717) is 23.6 Å². The first-order valence-corrected chi connectivity index (χ1v) is 11.3. The van der Waals surface area contributed by atoms with Gasteiger partial charge >= 0.3 is 5.97 Å². The SMILES string of the molecule is COCOc1cccc2c1C(=O)N(CC1OCCc3c1sc(N)c3C(=O)OC(C)(C)C)C2=O. The van der Waals surface area contributed by atoms with Crippen molar-refractivity contribution in [2.24, 2.45) is 0 Å². The zero-order chi connectivity index (χ0) is 23.9. The largest absolute Gasteiger partial charge is 0.467 e. The molecule has 0 fully saturated rings. The number of imide groups is 1. The van der Waals surface area contributed by atoms with Crippen molar-refractivity contribution in [2.75, 3.05) is 32.8 Å². The van der Waals surface area contributed by atoms with Crippen molar-refractivity contribution in [3.05, 3.63) is 45.3 Å². The number of benzene rings is 1. The Morgan fingerprint density at radius 3 is 2.73 bits per heavy atom. The first-order valence-electron chi connectivity index (χ1n) is 10.5. The molecule has 10 heteroatoms. The fourth-order valence-corrected chi connectivity index (χ4v) is 5.10. The number of fused-ring (bicyclic) bond motifs is 2. The van der Waals surface area contributed by atoms with Gasteiger partial charge in [0.15, 0.2) is 6.79 Å². The van der Waals surface area contributed by atoms with Crippen LogP contribution in [0.5, 0.6) is 5.75 Å². The third-order valence-electron chi connectivity index (χ3n) is 5.27. The van der Waals surface area contributed by atoms with Gasteiger partial charge in [-0.15, -0.1) is 11.3 Å². The summed E-state index contributed by atoms with van der Waals surface area (Å²) in [5.41, 5.74) is 7.10. The van der Waals surface area contributed by atoms with Crippen LogP contribution in [0.1, 0.15) is 68.4 Å². The van der Waals surface area contributed by atoms with E-state index in [1.165, 1.54) is 18.4 Å². The molecule has 2 aliphatic rings. The van der Waals surface area contributed by atoms with E-state index in [-0.39, 0.29) is 30.2 Å². The van der Waals surface area contributed by atoms with Gasteiger partial charge in [-0.2, -0.15) is 0 Å². The maximum atomic E-state index is 13.1. The lowest BCUT2D eigenvalue weighted by Gasteiger charge is -2.27. The van der Waals surface area contributed by atoms with Gasteiger partial charge in [-0.25, -0.2) is 4.79 Å². The average Bonchev–Trinajstić information content (AvgIpc) is 3.21. The Hall–Kier alpha value is -2.95. The summed E-state index contributed by atoms with van der Waals surface area (Å²) in [4.78, 5) is 40.8. The van der Waals surface area contributed by atoms with Crippen LogP contribution in [-0.2, 0) is 20.6 Å². The topological polar surface area (TPSA) is 117 Å². The maximum absolute atomic E-state index is 13.1. The highest BCUT2D eigenvalue weighted by atomic mass is 32.1. The lowest BCUT2D eigenvalue weighted by molar-refractivity contribution is 0.00568. The standard InChI is InChI=1S/C23H26N2O7S/c1-23(2,3)32-22(28)17-12-8-9-30-15(18(12)33-19(17)24)10-25-20(26)13-6-5-7-14(31-11-29-4)16(13)21(25)27/h5-7,15H,8-11,24H2,1-4H3. The molecule has 33 heavy (non-hydrogen) atoms. The van der Waals surface area contributed by atoms with Crippen LogP contribution in [-0.4, -0.2) is 55.3 Å². The summed E-state index contributed by atoms with van der Waals surface area (Å²) in [5, 5.41) is 0.336. The quantitative estimate of drug-likeness (QED) is 0.385. The number of thiophene rings is 1. The van der Waals surface area contributed by atoms with Gasteiger partial charge in [0.05, 0.1) is 29.8 Å². The number of carbonyl (C=O) groups excluding carboxylic acids is 3. The van der Waals surface area contributed by atoms with E-state index < -0.39 is 29.5 Å². The minimum absolute atomic E-state index is 0.00320. The van der Waals surface area contributed by atoms with Crippen LogP contribution >= 0.6 is 11.3 Å². The molecule has 1 aromatic carbocycles. The van der Waals surface area contributed by atoms with Crippen molar-refractivity contribution >= 4 is 34.1 Å². The van der Waals surface area contributed by atoms with Crippen LogP contribution in [0.2, 0.25) is 0 Å². The van der Waals surface area contributed by atoms with E-state index in [1.807, 2.05) is 0 Å². The van der Waals surface area contributed by atoms with Crippen molar-refractivity contribution in [1.82, 2.24) is 4.90 Å². The van der Waals surface area contributed by atoms with Crippen LogP contribution in [0.25, 0.3) is 0 Å². The zero-order valence-corrected chi connectivity index (χ0v) is 19.7. The molecule has 2 N–H and O–H groups in total. The van der Waals surface area contributed by atoms with Crippen LogP contribution in [0.3, 0.4) is 0 Å². The van der Waals surface area contributed by atoms with Crippen molar-refractivity contribution in [1.29, 1.82) is 0 Å². The molecule has 3 heterocycles. The maximum Gasteiger partial charge on any atom is 0.341 e. The monoisotopic (exact) mass is 474 g/mol. The van der Waals surface area contributed by atoms with Crippen LogP contribution in [0, 0.1) is 0 Å². The summed E-state index contributed by atoms with van der Waals surface area (Å²) in [6.45, 7) is 5.65. The lowest BCUT2D eigenvalue weighted by Crippen LogP contribution is -2.36. The number of carbonyl (C=O) groups is 3. The average molecular weight is 475 g/mol. The van der Waals surface area contributed by atoms with Crippen LogP contribution in [0.4, 0.5) is 5.00 Å². The van der Waals surface area contributed by atoms with E-state index in [0.717, 1.165) is 15.3 Å². The number of nitrogens with two attached hydrogens (primary N) is 1. The fourth-order valence-electron chi connectivity index (χ4n) is 3.96. The molecule has 0 radical (unpaired) electrons. The second-order valence-corrected chi connectivity index (χ2v) is 9.83. The number of hydrogen-bond donors (Lipinski definition) is 1. The minimum atomic E-state index is -0.661. The Balaban J connectivity index is 1.61. The summed E-state index contributed by atoms with van der Waals surface area (Å²) >= 11 is 1.22. The molecule has 4 rings (SSSR count). The Labute approximate surface area is 195 Å². The van der Waals surface area contributed by atoms with Gasteiger partial charge in [-0.05, 0) is 44.9 Å².